The van der Waals surface area contributed by atoms with Gasteiger partial charge in [-0.1, -0.05) is 42.5 Å². The van der Waals surface area contributed by atoms with Gasteiger partial charge in [0.25, 0.3) is 0 Å². The number of oxazole rings is 1. The minimum Gasteiger partial charge on any atom is -0.497 e. The Morgan fingerprint density at radius 2 is 1.53 bits per heavy atom. The van der Waals surface area contributed by atoms with Gasteiger partial charge in [0.15, 0.2) is 11.7 Å². The third-order valence-corrected chi connectivity index (χ3v) is 5.90. The van der Waals surface area contributed by atoms with Crippen molar-refractivity contribution in [2.24, 2.45) is 5.14 Å². The van der Waals surface area contributed by atoms with Crippen molar-refractivity contribution in [3.8, 4) is 34.1 Å². The molecule has 0 spiro atoms. The third kappa shape index (κ3) is 4.51. The predicted molar refractivity (Wildman–Crippen MR) is 121 cm³/mol. The Hall–Kier alpha value is -3.62. The van der Waals surface area contributed by atoms with Crippen molar-refractivity contribution in [3.05, 3.63) is 84.3 Å². The molecule has 0 atom stereocenters. The fraction of sp³-hybridized carbons (Fsp3) is 0.125. The van der Waals surface area contributed by atoms with Crippen molar-refractivity contribution in [2.45, 2.75) is 11.3 Å². The fourth-order valence-corrected chi connectivity index (χ4v) is 4.17. The lowest BCUT2D eigenvalue weighted by atomic mass is 10.1. The molecule has 4 aromatic rings. The average Bonchev–Trinajstić information content (AvgIpc) is 3.22. The lowest BCUT2D eigenvalue weighted by Gasteiger charge is -2.09. The number of aromatic nitrogens is 1. The lowest BCUT2D eigenvalue weighted by molar-refractivity contribution is 0.394. The number of hydrogen-bond donors (Lipinski definition) is 1. The number of nitrogens with zero attached hydrogens (tertiary/aromatic N) is 1. The van der Waals surface area contributed by atoms with Crippen molar-refractivity contribution in [3.63, 3.8) is 0 Å². The summed E-state index contributed by atoms with van der Waals surface area (Å²) < 4.78 is 41.4. The normalized spacial score (nSPS) is 11.3. The van der Waals surface area contributed by atoms with Crippen molar-refractivity contribution >= 4 is 10.0 Å². The minimum atomic E-state index is -3.99. The first kappa shape index (κ1) is 21.6. The quantitative estimate of drug-likeness (QED) is 0.451. The highest BCUT2D eigenvalue weighted by atomic mass is 32.2. The second-order valence-electron chi connectivity index (χ2n) is 7.09. The number of ether oxygens (including phenoxy) is 2. The summed E-state index contributed by atoms with van der Waals surface area (Å²) in [6.07, 6.45) is 0.437. The number of primary sulfonamides is 1. The van der Waals surface area contributed by atoms with Gasteiger partial charge < -0.3 is 13.9 Å². The van der Waals surface area contributed by atoms with Crippen LogP contribution in [0.15, 0.2) is 82.1 Å². The van der Waals surface area contributed by atoms with Gasteiger partial charge in [-0.2, -0.15) is 0 Å². The molecule has 0 aliphatic rings. The van der Waals surface area contributed by atoms with Crippen molar-refractivity contribution < 1.29 is 22.3 Å². The Morgan fingerprint density at radius 1 is 0.906 bits per heavy atom. The summed E-state index contributed by atoms with van der Waals surface area (Å²) in [4.78, 5) is 4.67. The zero-order valence-electron chi connectivity index (χ0n) is 17.6. The highest BCUT2D eigenvalue weighted by Crippen LogP contribution is 2.39. The second kappa shape index (κ2) is 8.86. The molecule has 0 saturated carbocycles. The summed E-state index contributed by atoms with van der Waals surface area (Å²) in [6, 6.07) is 21.5. The summed E-state index contributed by atoms with van der Waals surface area (Å²) >= 11 is 0. The summed E-state index contributed by atoms with van der Waals surface area (Å²) in [5.74, 6) is 1.87. The number of hydrogen-bond acceptors (Lipinski definition) is 6. The van der Waals surface area contributed by atoms with E-state index in [4.69, 9.17) is 24.0 Å². The molecule has 0 aliphatic carbocycles. The molecule has 0 fully saturated rings. The van der Waals surface area contributed by atoms with Crippen LogP contribution in [0.2, 0.25) is 0 Å². The summed E-state index contributed by atoms with van der Waals surface area (Å²) in [5.41, 5.74) is 2.46. The first-order valence-corrected chi connectivity index (χ1v) is 11.3. The van der Waals surface area contributed by atoms with Crippen LogP contribution in [0.4, 0.5) is 0 Å². The maximum absolute atomic E-state index is 12.2. The average molecular weight is 451 g/mol. The molecule has 0 radical (unpaired) electrons. The molecule has 4 rings (SSSR count). The molecule has 8 heteroatoms. The zero-order chi connectivity index (χ0) is 22.7. The Morgan fingerprint density at radius 3 is 2.16 bits per heavy atom. The van der Waals surface area contributed by atoms with Crippen LogP contribution in [0.3, 0.4) is 0 Å². The van der Waals surface area contributed by atoms with Gasteiger partial charge in [-0.05, 0) is 29.8 Å². The number of nitrogens with two attached hydrogens (primary N) is 1. The third-order valence-electron chi connectivity index (χ3n) is 4.93. The van der Waals surface area contributed by atoms with Gasteiger partial charge in [0.2, 0.25) is 10.0 Å². The molecule has 32 heavy (non-hydrogen) atoms. The van der Waals surface area contributed by atoms with Crippen molar-refractivity contribution in [2.75, 3.05) is 14.2 Å². The van der Waals surface area contributed by atoms with Crippen LogP contribution >= 0.6 is 0 Å². The number of rotatable bonds is 7. The molecular weight excluding hydrogens is 428 g/mol. The molecule has 0 saturated heterocycles. The van der Waals surface area contributed by atoms with Crippen LogP contribution in [0.25, 0.3) is 22.6 Å². The molecule has 0 bridgehead atoms. The van der Waals surface area contributed by atoms with Crippen molar-refractivity contribution in [1.29, 1.82) is 0 Å². The summed E-state index contributed by atoms with van der Waals surface area (Å²) in [7, 11) is -0.883. The van der Waals surface area contributed by atoms with Gasteiger partial charge >= 0.3 is 0 Å². The monoisotopic (exact) mass is 450 g/mol. The zero-order valence-corrected chi connectivity index (χ0v) is 18.4. The molecule has 0 aliphatic heterocycles. The number of sulfonamides is 1. The van der Waals surface area contributed by atoms with E-state index < -0.39 is 10.0 Å². The highest BCUT2D eigenvalue weighted by Gasteiger charge is 2.24. The van der Waals surface area contributed by atoms with E-state index in [0.717, 1.165) is 5.56 Å². The smallest absolute Gasteiger partial charge is 0.238 e. The van der Waals surface area contributed by atoms with E-state index in [1.165, 1.54) is 6.07 Å². The molecule has 3 aromatic carbocycles. The highest BCUT2D eigenvalue weighted by molar-refractivity contribution is 7.89. The fourth-order valence-electron chi connectivity index (χ4n) is 3.44. The Labute approximate surface area is 186 Å². The second-order valence-corrected chi connectivity index (χ2v) is 8.62. The molecule has 1 heterocycles. The number of benzene rings is 3. The molecule has 0 amide bonds. The largest absolute Gasteiger partial charge is 0.497 e. The van der Waals surface area contributed by atoms with Crippen molar-refractivity contribution in [1.82, 2.24) is 4.98 Å². The molecule has 164 valence electrons. The van der Waals surface area contributed by atoms with Gasteiger partial charge in [-0.3, -0.25) is 0 Å². The maximum atomic E-state index is 12.2. The molecule has 1 aromatic heterocycles. The van der Waals surface area contributed by atoms with Crippen LogP contribution < -0.4 is 14.6 Å². The lowest BCUT2D eigenvalue weighted by Crippen LogP contribution is -2.13. The molecule has 2 N–H and O–H groups in total. The van der Waals surface area contributed by atoms with E-state index in [0.29, 0.717) is 46.4 Å². The topological polar surface area (TPSA) is 105 Å². The van der Waals surface area contributed by atoms with E-state index in [-0.39, 0.29) is 4.90 Å². The van der Waals surface area contributed by atoms with E-state index in [2.05, 4.69) is 0 Å². The van der Waals surface area contributed by atoms with Crippen LogP contribution in [-0.4, -0.2) is 27.6 Å². The molecular formula is C24H22N2O5S. The molecule has 7 nitrogen and oxygen atoms in total. The van der Waals surface area contributed by atoms with E-state index in [1.807, 2.05) is 30.3 Å². The standard InChI is InChI=1S/C24H22N2O5S/c1-29-18-13-17(14-19(15-18)30-2)23-24(20-10-6-7-11-21(20)32(25,27)28)31-22(26-23)12-16-8-4-3-5-9-16/h3-11,13-15H,12H2,1-2H3,(H2,25,27,28). The number of methoxy groups -OCH3 is 2. The Kier molecular flexibility index (Phi) is 5.98. The predicted octanol–water partition coefficient (Wildman–Crippen LogP) is 4.26. The first-order valence-electron chi connectivity index (χ1n) is 9.78. The van der Waals surface area contributed by atoms with E-state index >= 15 is 0 Å². The van der Waals surface area contributed by atoms with Gasteiger partial charge in [0, 0.05) is 23.6 Å². The Balaban J connectivity index is 1.94. The van der Waals surface area contributed by atoms with Gasteiger partial charge in [-0.15, -0.1) is 0 Å². The van der Waals surface area contributed by atoms with Gasteiger partial charge in [0.05, 0.1) is 19.1 Å². The first-order chi connectivity index (χ1) is 15.4. The van der Waals surface area contributed by atoms with Crippen LogP contribution in [0, 0.1) is 0 Å². The van der Waals surface area contributed by atoms with E-state index in [9.17, 15) is 8.42 Å². The van der Waals surface area contributed by atoms with E-state index in [1.54, 1.807) is 50.6 Å². The summed E-state index contributed by atoms with van der Waals surface area (Å²) in [6.45, 7) is 0. The SMILES string of the molecule is COc1cc(OC)cc(-c2nc(Cc3ccccc3)oc2-c2ccccc2S(N)(=O)=O)c1. The maximum Gasteiger partial charge on any atom is 0.238 e. The van der Waals surface area contributed by atoms with Gasteiger partial charge in [0.1, 0.15) is 17.2 Å². The Bertz CT molecular complexity index is 1330. The van der Waals surface area contributed by atoms with Gasteiger partial charge in [-0.25, -0.2) is 18.5 Å². The molecule has 0 unspecified atom stereocenters. The minimum absolute atomic E-state index is 0.0430. The van der Waals surface area contributed by atoms with Crippen LogP contribution in [0.1, 0.15) is 11.5 Å². The summed E-state index contributed by atoms with van der Waals surface area (Å²) in [5, 5.41) is 5.48. The van der Waals surface area contributed by atoms with Crippen LogP contribution in [-0.2, 0) is 16.4 Å². The van der Waals surface area contributed by atoms with Crippen LogP contribution in [0.5, 0.6) is 11.5 Å².